The fourth-order valence-corrected chi connectivity index (χ4v) is 4.90. The number of carbonyl (C=O) groups is 1. The molecule has 1 aliphatic heterocycles. The number of fused-ring (bicyclic) bond motifs is 1. The maximum atomic E-state index is 13.6. The third-order valence-corrected chi connectivity index (χ3v) is 6.97. The summed E-state index contributed by atoms with van der Waals surface area (Å²) in [7, 11) is 0. The Labute approximate surface area is 216 Å². The Morgan fingerprint density at radius 1 is 1.14 bits per heavy atom. The van der Waals surface area contributed by atoms with E-state index in [4.69, 9.17) is 19.6 Å². The minimum atomic E-state index is -0.174. The summed E-state index contributed by atoms with van der Waals surface area (Å²) in [5.41, 5.74) is 4.66. The summed E-state index contributed by atoms with van der Waals surface area (Å²) in [5, 5.41) is 8.55. The molecule has 1 amide bonds. The molecule has 4 aromatic rings. The third kappa shape index (κ3) is 5.26. The predicted octanol–water partition coefficient (Wildman–Crippen LogP) is 5.34. The molecule has 190 valence electrons. The number of anilines is 1. The Morgan fingerprint density at radius 2 is 2.05 bits per heavy atom. The predicted molar refractivity (Wildman–Crippen MR) is 141 cm³/mol. The highest BCUT2D eigenvalue weighted by atomic mass is 16.5. The fourth-order valence-electron chi connectivity index (χ4n) is 4.90. The fraction of sp³-hybridized carbons (Fsp3) is 0.379. The summed E-state index contributed by atoms with van der Waals surface area (Å²) in [6, 6.07) is 15.4. The summed E-state index contributed by atoms with van der Waals surface area (Å²) >= 11 is 0. The molecule has 1 saturated carbocycles. The number of aryl methyl sites for hydroxylation is 1. The first-order valence-corrected chi connectivity index (χ1v) is 13.1. The molecule has 1 N–H and O–H groups in total. The van der Waals surface area contributed by atoms with E-state index in [1.54, 1.807) is 10.9 Å². The van der Waals surface area contributed by atoms with Crippen LogP contribution >= 0.6 is 0 Å². The zero-order valence-corrected chi connectivity index (χ0v) is 21.0. The molecule has 8 nitrogen and oxygen atoms in total. The number of aromatic nitrogens is 4. The summed E-state index contributed by atoms with van der Waals surface area (Å²) in [6.45, 7) is 3.80. The molecule has 37 heavy (non-hydrogen) atoms. The lowest BCUT2D eigenvalue weighted by atomic mass is 10.1. The van der Waals surface area contributed by atoms with Crippen molar-refractivity contribution in [2.24, 2.45) is 0 Å². The summed E-state index contributed by atoms with van der Waals surface area (Å²) < 4.78 is 13.4. The Balaban J connectivity index is 1.24. The maximum Gasteiger partial charge on any atom is 0.256 e. The van der Waals surface area contributed by atoms with Gasteiger partial charge in [-0.25, -0.2) is 9.97 Å². The maximum absolute atomic E-state index is 13.6. The lowest BCUT2D eigenvalue weighted by molar-refractivity contribution is -0.0447. The monoisotopic (exact) mass is 497 g/mol. The van der Waals surface area contributed by atoms with Gasteiger partial charge in [0, 0.05) is 30.1 Å². The van der Waals surface area contributed by atoms with E-state index in [1.807, 2.05) is 55.5 Å². The quantitative estimate of drug-likeness (QED) is 0.353. The van der Waals surface area contributed by atoms with Gasteiger partial charge in [0.1, 0.15) is 0 Å². The van der Waals surface area contributed by atoms with Gasteiger partial charge in [-0.1, -0.05) is 18.2 Å². The second kappa shape index (κ2) is 10.4. The highest BCUT2D eigenvalue weighted by Gasteiger charge is 2.29. The van der Waals surface area contributed by atoms with Gasteiger partial charge in [-0.05, 0) is 74.9 Å². The van der Waals surface area contributed by atoms with Crippen molar-refractivity contribution < 1.29 is 14.3 Å². The average Bonchev–Trinajstić information content (AvgIpc) is 3.73. The van der Waals surface area contributed by atoms with Crippen LogP contribution in [0.15, 0.2) is 54.7 Å². The van der Waals surface area contributed by atoms with Crippen molar-refractivity contribution in [3.63, 3.8) is 0 Å². The number of benzene rings is 1. The first-order valence-electron chi connectivity index (χ1n) is 13.1. The van der Waals surface area contributed by atoms with Gasteiger partial charge < -0.3 is 14.8 Å². The smallest absolute Gasteiger partial charge is 0.256 e. The van der Waals surface area contributed by atoms with Crippen molar-refractivity contribution in [1.82, 2.24) is 19.7 Å². The van der Waals surface area contributed by atoms with Gasteiger partial charge in [0.05, 0.1) is 36.0 Å². The molecule has 6 rings (SSSR count). The zero-order chi connectivity index (χ0) is 25.2. The molecular formula is C29H31N5O3. The van der Waals surface area contributed by atoms with Crippen molar-refractivity contribution in [3.05, 3.63) is 77.2 Å². The van der Waals surface area contributed by atoms with Crippen LogP contribution in [-0.4, -0.2) is 45.0 Å². The van der Waals surface area contributed by atoms with E-state index in [1.165, 1.54) is 6.42 Å². The van der Waals surface area contributed by atoms with E-state index < -0.39 is 0 Å². The van der Waals surface area contributed by atoms with Crippen LogP contribution in [-0.2, 0) is 16.1 Å². The SMILES string of the molecule is Cc1nn(-c2ccccn2)c2nc(C3CC3)cc(C(=O)Nc3cccc(COCC4CCCCO4)c3)c12. The van der Waals surface area contributed by atoms with E-state index in [2.05, 4.69) is 10.3 Å². The van der Waals surface area contributed by atoms with Crippen LogP contribution in [0.25, 0.3) is 16.9 Å². The Hall–Kier alpha value is -3.62. The highest BCUT2D eigenvalue weighted by molar-refractivity contribution is 6.12. The van der Waals surface area contributed by atoms with Gasteiger partial charge in [-0.15, -0.1) is 0 Å². The number of rotatable bonds is 8. The number of carbonyl (C=O) groups excluding carboxylic acids is 1. The van der Waals surface area contributed by atoms with Crippen LogP contribution in [0.4, 0.5) is 5.69 Å². The van der Waals surface area contributed by atoms with Crippen LogP contribution in [0.5, 0.6) is 0 Å². The standard InChI is InChI=1S/C29H31N5O3/c1-19-27-24(16-25(21-11-12-21)32-28(27)34(33-19)26-10-2-4-13-30-26)29(35)31-22-8-6-7-20(15-22)17-36-18-23-9-3-5-14-37-23/h2,4,6-8,10,13,15-16,21,23H,3,5,9,11-12,14,17-18H2,1H3,(H,31,35). The molecule has 1 aromatic carbocycles. The van der Waals surface area contributed by atoms with Gasteiger partial charge in [-0.2, -0.15) is 9.78 Å². The van der Waals surface area contributed by atoms with E-state index >= 15 is 0 Å². The molecule has 0 radical (unpaired) electrons. The molecule has 8 heteroatoms. The van der Waals surface area contributed by atoms with Crippen molar-refractivity contribution >= 4 is 22.6 Å². The van der Waals surface area contributed by atoms with E-state index in [9.17, 15) is 4.79 Å². The van der Waals surface area contributed by atoms with Gasteiger partial charge in [0.2, 0.25) is 0 Å². The summed E-state index contributed by atoms with van der Waals surface area (Å²) in [5.74, 6) is 0.891. The average molecular weight is 498 g/mol. The van der Waals surface area contributed by atoms with Crippen LogP contribution in [0.1, 0.15) is 65.3 Å². The normalized spacial score (nSPS) is 17.7. The number of nitrogens with one attached hydrogen (secondary N) is 1. The minimum Gasteiger partial charge on any atom is -0.376 e. The zero-order valence-electron chi connectivity index (χ0n) is 21.0. The van der Waals surface area contributed by atoms with Crippen LogP contribution in [0.3, 0.4) is 0 Å². The number of pyridine rings is 2. The first-order chi connectivity index (χ1) is 18.2. The highest BCUT2D eigenvalue weighted by Crippen LogP contribution is 2.40. The molecular weight excluding hydrogens is 466 g/mol. The number of hydrogen-bond acceptors (Lipinski definition) is 6. The van der Waals surface area contributed by atoms with Crippen molar-refractivity contribution in [2.75, 3.05) is 18.5 Å². The number of nitrogens with zero attached hydrogens (tertiary/aromatic N) is 4. The van der Waals surface area contributed by atoms with Crippen LogP contribution in [0.2, 0.25) is 0 Å². The molecule has 2 aliphatic rings. The van der Waals surface area contributed by atoms with Gasteiger partial charge >= 0.3 is 0 Å². The number of ether oxygens (including phenoxy) is 2. The second-order valence-corrected chi connectivity index (χ2v) is 9.91. The number of hydrogen-bond donors (Lipinski definition) is 1. The van der Waals surface area contributed by atoms with Gasteiger partial charge in [0.25, 0.3) is 5.91 Å². The Morgan fingerprint density at radius 3 is 2.84 bits per heavy atom. The largest absolute Gasteiger partial charge is 0.376 e. The molecule has 1 aliphatic carbocycles. The molecule has 1 unspecified atom stereocenters. The van der Waals surface area contributed by atoms with E-state index in [-0.39, 0.29) is 12.0 Å². The Kier molecular flexibility index (Phi) is 6.68. The molecule has 4 heterocycles. The summed E-state index contributed by atoms with van der Waals surface area (Å²) in [6.07, 6.45) is 7.47. The van der Waals surface area contributed by atoms with Gasteiger partial charge in [-0.3, -0.25) is 4.79 Å². The van der Waals surface area contributed by atoms with Crippen LogP contribution in [0, 0.1) is 6.92 Å². The second-order valence-electron chi connectivity index (χ2n) is 9.91. The minimum absolute atomic E-state index is 0.174. The van der Waals surface area contributed by atoms with Crippen molar-refractivity contribution in [1.29, 1.82) is 0 Å². The molecule has 3 aromatic heterocycles. The Bertz CT molecular complexity index is 1410. The lowest BCUT2D eigenvalue weighted by Crippen LogP contribution is -2.24. The number of amides is 1. The third-order valence-electron chi connectivity index (χ3n) is 6.97. The molecule has 2 fully saturated rings. The van der Waals surface area contributed by atoms with Crippen molar-refractivity contribution in [3.8, 4) is 5.82 Å². The van der Waals surface area contributed by atoms with E-state index in [0.29, 0.717) is 36.2 Å². The van der Waals surface area contributed by atoms with E-state index in [0.717, 1.165) is 60.3 Å². The topological polar surface area (TPSA) is 91.2 Å². The molecule has 1 atom stereocenters. The molecule has 1 saturated heterocycles. The lowest BCUT2D eigenvalue weighted by Gasteiger charge is -2.22. The molecule has 0 spiro atoms. The van der Waals surface area contributed by atoms with Gasteiger partial charge in [0.15, 0.2) is 11.5 Å². The molecule has 0 bridgehead atoms. The van der Waals surface area contributed by atoms with Crippen LogP contribution < -0.4 is 5.32 Å². The van der Waals surface area contributed by atoms with Crippen molar-refractivity contribution in [2.45, 2.75) is 57.7 Å². The first kappa shape index (κ1) is 23.8. The summed E-state index contributed by atoms with van der Waals surface area (Å²) in [4.78, 5) is 23.0.